The first-order valence-electron chi connectivity index (χ1n) is 8.55. The maximum Gasteiger partial charge on any atom is 0.319 e. The standard InChI is InChI=1S/C20H23N3O3/c1-13-4-5-14(2)18(10-13)22-20(25)21-15-11-19(24)23(12-15)16-6-8-17(26-3)9-7-16/h4-10,15H,11-12H2,1-3H3,(H2,21,22,25)/t15-/m0/s1. The van der Waals surface area contributed by atoms with Crippen LogP contribution in [0, 0.1) is 13.8 Å². The molecular formula is C20H23N3O3. The summed E-state index contributed by atoms with van der Waals surface area (Å²) in [4.78, 5) is 26.3. The second-order valence-corrected chi connectivity index (χ2v) is 6.52. The molecular weight excluding hydrogens is 330 g/mol. The lowest BCUT2D eigenvalue weighted by atomic mass is 10.1. The van der Waals surface area contributed by atoms with Crippen LogP contribution in [0.15, 0.2) is 42.5 Å². The van der Waals surface area contributed by atoms with E-state index in [1.54, 1.807) is 12.0 Å². The average Bonchev–Trinajstić information content (AvgIpc) is 2.98. The van der Waals surface area contributed by atoms with Gasteiger partial charge < -0.3 is 20.3 Å². The van der Waals surface area contributed by atoms with Crippen LogP contribution in [0.1, 0.15) is 17.5 Å². The lowest BCUT2D eigenvalue weighted by Gasteiger charge is -2.18. The highest BCUT2D eigenvalue weighted by atomic mass is 16.5. The van der Waals surface area contributed by atoms with E-state index in [1.807, 2.05) is 56.3 Å². The van der Waals surface area contributed by atoms with E-state index in [0.717, 1.165) is 28.3 Å². The van der Waals surface area contributed by atoms with Gasteiger partial charge >= 0.3 is 6.03 Å². The van der Waals surface area contributed by atoms with E-state index in [9.17, 15) is 9.59 Å². The molecule has 3 rings (SSSR count). The molecule has 1 aliphatic rings. The largest absolute Gasteiger partial charge is 0.497 e. The topological polar surface area (TPSA) is 70.7 Å². The molecule has 26 heavy (non-hydrogen) atoms. The van der Waals surface area contributed by atoms with Gasteiger partial charge in [0, 0.05) is 24.3 Å². The molecule has 0 saturated carbocycles. The number of nitrogens with zero attached hydrogens (tertiary/aromatic N) is 1. The Hall–Kier alpha value is -3.02. The molecule has 0 unspecified atom stereocenters. The molecule has 0 spiro atoms. The van der Waals surface area contributed by atoms with Gasteiger partial charge in [0.25, 0.3) is 0 Å². The van der Waals surface area contributed by atoms with Crippen molar-refractivity contribution in [2.75, 3.05) is 23.9 Å². The van der Waals surface area contributed by atoms with Crippen LogP contribution in [-0.2, 0) is 4.79 Å². The van der Waals surface area contributed by atoms with Gasteiger partial charge in [-0.05, 0) is 55.3 Å². The van der Waals surface area contributed by atoms with Crippen molar-refractivity contribution in [3.8, 4) is 5.75 Å². The zero-order valence-electron chi connectivity index (χ0n) is 15.2. The third kappa shape index (κ3) is 3.96. The molecule has 2 aromatic carbocycles. The van der Waals surface area contributed by atoms with Crippen LogP contribution in [0.2, 0.25) is 0 Å². The molecule has 2 N–H and O–H groups in total. The number of rotatable bonds is 4. The lowest BCUT2D eigenvalue weighted by molar-refractivity contribution is -0.117. The zero-order chi connectivity index (χ0) is 18.7. The highest BCUT2D eigenvalue weighted by Crippen LogP contribution is 2.24. The van der Waals surface area contributed by atoms with Gasteiger partial charge in [0.15, 0.2) is 0 Å². The molecule has 0 radical (unpaired) electrons. The first-order valence-corrected chi connectivity index (χ1v) is 8.55. The van der Waals surface area contributed by atoms with Crippen molar-refractivity contribution >= 4 is 23.3 Å². The lowest BCUT2D eigenvalue weighted by Crippen LogP contribution is -2.39. The fourth-order valence-electron chi connectivity index (χ4n) is 3.03. The van der Waals surface area contributed by atoms with Crippen LogP contribution in [0.4, 0.5) is 16.2 Å². The van der Waals surface area contributed by atoms with E-state index in [0.29, 0.717) is 6.54 Å². The number of carbonyl (C=O) groups is 2. The van der Waals surface area contributed by atoms with Crippen molar-refractivity contribution < 1.29 is 14.3 Å². The molecule has 3 amide bonds. The maximum absolute atomic E-state index is 12.3. The number of urea groups is 1. The Balaban J connectivity index is 1.61. The van der Waals surface area contributed by atoms with Crippen LogP contribution in [0.3, 0.4) is 0 Å². The molecule has 2 aromatic rings. The molecule has 1 atom stereocenters. The van der Waals surface area contributed by atoms with Gasteiger partial charge in [-0.2, -0.15) is 0 Å². The number of carbonyl (C=O) groups excluding carboxylic acids is 2. The van der Waals surface area contributed by atoms with Gasteiger partial charge in [-0.3, -0.25) is 4.79 Å². The number of anilines is 2. The Bertz CT molecular complexity index is 818. The molecule has 0 aliphatic carbocycles. The number of hydrogen-bond donors (Lipinski definition) is 2. The SMILES string of the molecule is COc1ccc(N2C[C@@H](NC(=O)Nc3cc(C)ccc3C)CC2=O)cc1. The summed E-state index contributed by atoms with van der Waals surface area (Å²) in [5, 5.41) is 5.76. The first-order chi connectivity index (χ1) is 12.5. The van der Waals surface area contributed by atoms with Gasteiger partial charge in [0.05, 0.1) is 13.2 Å². The maximum atomic E-state index is 12.3. The fourth-order valence-corrected chi connectivity index (χ4v) is 3.03. The number of benzene rings is 2. The summed E-state index contributed by atoms with van der Waals surface area (Å²) in [6, 6.07) is 12.7. The van der Waals surface area contributed by atoms with Crippen molar-refractivity contribution in [1.82, 2.24) is 5.32 Å². The first kappa shape index (κ1) is 17.8. The normalized spacial score (nSPS) is 16.5. The monoisotopic (exact) mass is 353 g/mol. The average molecular weight is 353 g/mol. The quantitative estimate of drug-likeness (QED) is 0.886. The fraction of sp³-hybridized carbons (Fsp3) is 0.300. The highest BCUT2D eigenvalue weighted by molar-refractivity contribution is 5.97. The van der Waals surface area contributed by atoms with Crippen molar-refractivity contribution in [2.45, 2.75) is 26.3 Å². The third-order valence-corrected chi connectivity index (χ3v) is 4.49. The van der Waals surface area contributed by atoms with Crippen molar-refractivity contribution in [3.05, 3.63) is 53.6 Å². The van der Waals surface area contributed by atoms with Crippen molar-refractivity contribution in [3.63, 3.8) is 0 Å². The summed E-state index contributed by atoms with van der Waals surface area (Å²) < 4.78 is 5.14. The molecule has 0 aromatic heterocycles. The molecule has 6 heteroatoms. The Kier molecular flexibility index (Phi) is 5.11. The Morgan fingerprint density at radius 3 is 2.58 bits per heavy atom. The van der Waals surface area contributed by atoms with Gasteiger partial charge in [0.2, 0.25) is 5.91 Å². The van der Waals surface area contributed by atoms with Gasteiger partial charge in [-0.15, -0.1) is 0 Å². The number of amides is 3. The number of methoxy groups -OCH3 is 1. The predicted octanol–water partition coefficient (Wildman–Crippen LogP) is 3.24. The minimum Gasteiger partial charge on any atom is -0.497 e. The molecule has 1 fully saturated rings. The number of ether oxygens (including phenoxy) is 1. The molecule has 136 valence electrons. The van der Waals surface area contributed by atoms with E-state index in [4.69, 9.17) is 4.74 Å². The van der Waals surface area contributed by atoms with Crippen LogP contribution >= 0.6 is 0 Å². The number of hydrogen-bond acceptors (Lipinski definition) is 3. The van der Waals surface area contributed by atoms with E-state index < -0.39 is 0 Å². The Morgan fingerprint density at radius 2 is 1.88 bits per heavy atom. The van der Waals surface area contributed by atoms with Gasteiger partial charge in [0.1, 0.15) is 5.75 Å². The molecule has 0 bridgehead atoms. The Labute approximate surface area is 153 Å². The summed E-state index contributed by atoms with van der Waals surface area (Å²) in [7, 11) is 1.60. The van der Waals surface area contributed by atoms with Crippen LogP contribution in [0.25, 0.3) is 0 Å². The van der Waals surface area contributed by atoms with Crippen LogP contribution in [0.5, 0.6) is 5.75 Å². The second-order valence-electron chi connectivity index (χ2n) is 6.52. The molecule has 1 aliphatic heterocycles. The Morgan fingerprint density at radius 1 is 1.15 bits per heavy atom. The van der Waals surface area contributed by atoms with Crippen molar-refractivity contribution in [1.29, 1.82) is 0 Å². The van der Waals surface area contributed by atoms with E-state index in [2.05, 4.69) is 10.6 Å². The highest BCUT2D eigenvalue weighted by Gasteiger charge is 2.31. The van der Waals surface area contributed by atoms with E-state index in [1.165, 1.54) is 0 Å². The smallest absolute Gasteiger partial charge is 0.319 e. The summed E-state index contributed by atoms with van der Waals surface area (Å²) in [5.74, 6) is 0.732. The summed E-state index contributed by atoms with van der Waals surface area (Å²) in [6.45, 7) is 4.37. The van der Waals surface area contributed by atoms with Gasteiger partial charge in [-0.1, -0.05) is 12.1 Å². The van der Waals surface area contributed by atoms with Gasteiger partial charge in [-0.25, -0.2) is 4.79 Å². The minimum atomic E-state index is -0.298. The summed E-state index contributed by atoms with van der Waals surface area (Å²) >= 11 is 0. The molecule has 1 saturated heterocycles. The number of aryl methyl sites for hydroxylation is 2. The van der Waals surface area contributed by atoms with Crippen LogP contribution < -0.4 is 20.3 Å². The summed E-state index contributed by atoms with van der Waals surface area (Å²) in [5.41, 5.74) is 3.65. The number of nitrogens with one attached hydrogen (secondary N) is 2. The third-order valence-electron chi connectivity index (χ3n) is 4.49. The zero-order valence-corrected chi connectivity index (χ0v) is 15.2. The van der Waals surface area contributed by atoms with E-state index >= 15 is 0 Å². The minimum absolute atomic E-state index is 0.00722. The van der Waals surface area contributed by atoms with E-state index in [-0.39, 0.29) is 24.4 Å². The van der Waals surface area contributed by atoms with Crippen molar-refractivity contribution in [2.24, 2.45) is 0 Å². The molecule has 6 nitrogen and oxygen atoms in total. The predicted molar refractivity (Wildman–Crippen MR) is 102 cm³/mol. The van der Waals surface area contributed by atoms with Crippen LogP contribution in [-0.4, -0.2) is 31.6 Å². The molecule has 1 heterocycles. The second kappa shape index (κ2) is 7.47. The summed E-state index contributed by atoms with van der Waals surface area (Å²) in [6.07, 6.45) is 0.284.